The topological polar surface area (TPSA) is 21.3 Å². The molecule has 1 N–H and O–H groups in total. The molecule has 0 amide bonds. The molecule has 0 aromatic heterocycles. The molecule has 0 aliphatic carbocycles. The van der Waals surface area contributed by atoms with Crippen LogP contribution in [0.3, 0.4) is 0 Å². The van der Waals surface area contributed by atoms with E-state index in [9.17, 15) is 22.0 Å². The lowest BCUT2D eigenvalue weighted by molar-refractivity contribution is -0.322. The van der Waals surface area contributed by atoms with Gasteiger partial charge in [-0.25, -0.2) is 8.78 Å². The van der Waals surface area contributed by atoms with E-state index in [4.69, 9.17) is 0 Å². The fraction of sp³-hybridized carbons (Fsp3) is 0.400. The molecule has 0 saturated carbocycles. The van der Waals surface area contributed by atoms with Crippen LogP contribution >= 0.6 is 0 Å². The third-order valence-corrected chi connectivity index (χ3v) is 1.95. The van der Waals surface area contributed by atoms with Gasteiger partial charge in [-0.1, -0.05) is 6.07 Å². The molecule has 17 heavy (non-hydrogen) atoms. The molecule has 0 heterocycles. The third kappa shape index (κ3) is 4.18. The van der Waals surface area contributed by atoms with E-state index in [0.717, 1.165) is 6.07 Å². The fourth-order valence-corrected chi connectivity index (χ4v) is 1.16. The summed E-state index contributed by atoms with van der Waals surface area (Å²) < 4.78 is 64.8. The van der Waals surface area contributed by atoms with Gasteiger partial charge in [0.25, 0.3) is 0 Å². The molecule has 0 aliphatic rings. The van der Waals surface area contributed by atoms with Crippen LogP contribution in [-0.4, -0.2) is 19.5 Å². The van der Waals surface area contributed by atoms with Crippen molar-refractivity contribution >= 4 is 5.69 Å². The Kier molecular flexibility index (Phi) is 4.28. The van der Waals surface area contributed by atoms with E-state index >= 15 is 0 Å². The molecular weight excluding hydrogens is 245 g/mol. The Morgan fingerprint density at radius 3 is 2.47 bits per heavy atom. The molecule has 0 fully saturated rings. The minimum absolute atomic E-state index is 0.200. The van der Waals surface area contributed by atoms with Crippen LogP contribution in [0, 0.1) is 18.6 Å². The molecule has 96 valence electrons. The lowest BCUT2D eigenvalue weighted by atomic mass is 10.2. The zero-order chi connectivity index (χ0) is 13.1. The van der Waals surface area contributed by atoms with Crippen LogP contribution in [0.1, 0.15) is 5.56 Å². The van der Waals surface area contributed by atoms with Crippen molar-refractivity contribution in [1.29, 1.82) is 0 Å². The van der Waals surface area contributed by atoms with Gasteiger partial charge in [0.1, 0.15) is 11.5 Å². The number of rotatable bonds is 4. The number of hydrogen-bond donors (Lipinski definition) is 1. The Morgan fingerprint density at radius 2 is 1.88 bits per heavy atom. The van der Waals surface area contributed by atoms with E-state index in [1.807, 2.05) is 0 Å². The molecule has 1 aromatic carbocycles. The van der Waals surface area contributed by atoms with Gasteiger partial charge < -0.3 is 5.32 Å². The molecule has 0 spiro atoms. The highest BCUT2D eigenvalue weighted by molar-refractivity contribution is 5.48. The second kappa shape index (κ2) is 5.31. The van der Waals surface area contributed by atoms with Crippen LogP contribution in [0.2, 0.25) is 0 Å². The Hall–Kier alpha value is -1.37. The van der Waals surface area contributed by atoms with Crippen molar-refractivity contribution in [3.63, 3.8) is 0 Å². The molecule has 0 bridgehead atoms. The third-order valence-electron chi connectivity index (χ3n) is 1.95. The van der Waals surface area contributed by atoms with Gasteiger partial charge in [-0.05, 0) is 18.6 Å². The van der Waals surface area contributed by atoms with Crippen molar-refractivity contribution in [3.05, 3.63) is 29.3 Å². The van der Waals surface area contributed by atoms with Crippen molar-refractivity contribution < 1.29 is 26.7 Å². The van der Waals surface area contributed by atoms with Gasteiger partial charge in [0.05, 0.1) is 6.61 Å². The standard InChI is InChI=1S/C10H10F5NO/c1-6-2-3-7(11)9(8(6)12)16-4-5-17-10(13,14)15/h2-3,16H,4-5H2,1H3. The monoisotopic (exact) mass is 255 g/mol. The summed E-state index contributed by atoms with van der Waals surface area (Å²) in [6.07, 6.45) is -4.74. The number of hydrogen-bond acceptors (Lipinski definition) is 2. The number of anilines is 1. The maximum atomic E-state index is 13.4. The highest BCUT2D eigenvalue weighted by Gasteiger charge is 2.28. The van der Waals surface area contributed by atoms with Crippen molar-refractivity contribution in [2.75, 3.05) is 18.5 Å². The van der Waals surface area contributed by atoms with Crippen LogP contribution in [0.5, 0.6) is 0 Å². The van der Waals surface area contributed by atoms with E-state index in [0.29, 0.717) is 0 Å². The summed E-state index contributed by atoms with van der Waals surface area (Å²) in [6, 6.07) is 2.27. The Morgan fingerprint density at radius 1 is 1.24 bits per heavy atom. The molecule has 0 unspecified atom stereocenters. The molecule has 0 saturated heterocycles. The highest BCUT2D eigenvalue weighted by Crippen LogP contribution is 2.21. The number of aryl methyl sites for hydroxylation is 1. The first kappa shape index (κ1) is 13.7. The molecule has 7 heteroatoms. The second-order valence-electron chi connectivity index (χ2n) is 3.27. The zero-order valence-electron chi connectivity index (χ0n) is 8.87. The lowest BCUT2D eigenvalue weighted by Crippen LogP contribution is -2.20. The van der Waals surface area contributed by atoms with Gasteiger partial charge in [-0.2, -0.15) is 0 Å². The van der Waals surface area contributed by atoms with Gasteiger partial charge in [0, 0.05) is 6.54 Å². The Balaban J connectivity index is 2.55. The predicted octanol–water partition coefficient (Wildman–Crippen LogP) is 3.22. The second-order valence-corrected chi connectivity index (χ2v) is 3.27. The number of alkyl halides is 3. The van der Waals surface area contributed by atoms with E-state index in [1.165, 1.54) is 13.0 Å². The summed E-state index contributed by atoms with van der Waals surface area (Å²) in [4.78, 5) is 0. The quantitative estimate of drug-likeness (QED) is 0.658. The number of benzene rings is 1. The summed E-state index contributed by atoms with van der Waals surface area (Å²) in [7, 11) is 0. The lowest BCUT2D eigenvalue weighted by Gasteiger charge is -2.11. The number of halogens is 5. The minimum atomic E-state index is -4.74. The first-order chi connectivity index (χ1) is 7.81. The first-order valence-electron chi connectivity index (χ1n) is 4.70. The highest BCUT2D eigenvalue weighted by atomic mass is 19.4. The fourth-order valence-electron chi connectivity index (χ4n) is 1.16. The molecule has 1 rings (SSSR count). The van der Waals surface area contributed by atoms with Crippen LogP contribution in [-0.2, 0) is 4.74 Å². The SMILES string of the molecule is Cc1ccc(F)c(NCCOC(F)(F)F)c1F. The van der Waals surface area contributed by atoms with Crippen LogP contribution in [0.15, 0.2) is 12.1 Å². The maximum Gasteiger partial charge on any atom is 0.522 e. The Bertz CT molecular complexity index is 391. The van der Waals surface area contributed by atoms with Gasteiger partial charge in [0.2, 0.25) is 0 Å². The van der Waals surface area contributed by atoms with Crippen molar-refractivity contribution in [2.45, 2.75) is 13.3 Å². The van der Waals surface area contributed by atoms with E-state index in [1.54, 1.807) is 0 Å². The van der Waals surface area contributed by atoms with E-state index < -0.39 is 30.3 Å². The van der Waals surface area contributed by atoms with E-state index in [-0.39, 0.29) is 12.1 Å². The molecular formula is C10H10F5NO. The minimum Gasteiger partial charge on any atom is -0.378 e. The van der Waals surface area contributed by atoms with Gasteiger partial charge in [-0.3, -0.25) is 4.74 Å². The maximum absolute atomic E-state index is 13.4. The van der Waals surface area contributed by atoms with Crippen molar-refractivity contribution in [2.24, 2.45) is 0 Å². The molecule has 1 aromatic rings. The van der Waals surface area contributed by atoms with Gasteiger partial charge in [-0.15, -0.1) is 13.2 Å². The number of ether oxygens (including phenoxy) is 1. The average Bonchev–Trinajstić information content (AvgIpc) is 2.21. The summed E-state index contributed by atoms with van der Waals surface area (Å²) in [5.74, 6) is -1.68. The summed E-state index contributed by atoms with van der Waals surface area (Å²) in [5, 5.41) is 2.22. The van der Waals surface area contributed by atoms with Gasteiger partial charge >= 0.3 is 6.36 Å². The average molecular weight is 255 g/mol. The largest absolute Gasteiger partial charge is 0.522 e. The van der Waals surface area contributed by atoms with Crippen LogP contribution in [0.4, 0.5) is 27.6 Å². The van der Waals surface area contributed by atoms with Crippen molar-refractivity contribution in [3.8, 4) is 0 Å². The first-order valence-corrected chi connectivity index (χ1v) is 4.70. The molecule has 0 atom stereocenters. The van der Waals surface area contributed by atoms with Crippen LogP contribution in [0.25, 0.3) is 0 Å². The zero-order valence-corrected chi connectivity index (χ0v) is 8.87. The smallest absolute Gasteiger partial charge is 0.378 e. The van der Waals surface area contributed by atoms with Gasteiger partial charge in [0.15, 0.2) is 5.82 Å². The van der Waals surface area contributed by atoms with E-state index in [2.05, 4.69) is 10.1 Å². The summed E-state index contributed by atoms with van der Waals surface area (Å²) in [6.45, 7) is 0.347. The summed E-state index contributed by atoms with van der Waals surface area (Å²) >= 11 is 0. The predicted molar refractivity (Wildman–Crippen MR) is 51.6 cm³/mol. The molecule has 0 aliphatic heterocycles. The Labute approximate surface area is 94.4 Å². The number of nitrogens with one attached hydrogen (secondary N) is 1. The molecule has 0 radical (unpaired) electrons. The van der Waals surface area contributed by atoms with Crippen LogP contribution < -0.4 is 5.32 Å². The summed E-state index contributed by atoms with van der Waals surface area (Å²) in [5.41, 5.74) is -0.249. The normalized spacial score (nSPS) is 11.6. The van der Waals surface area contributed by atoms with Crippen molar-refractivity contribution in [1.82, 2.24) is 0 Å². The molecule has 2 nitrogen and oxygen atoms in total.